The van der Waals surface area contributed by atoms with Gasteiger partial charge in [-0.3, -0.25) is 9.59 Å². The summed E-state index contributed by atoms with van der Waals surface area (Å²) in [4.78, 5) is 28.1. The summed E-state index contributed by atoms with van der Waals surface area (Å²) in [6, 6.07) is 11.6. The lowest BCUT2D eigenvalue weighted by Gasteiger charge is -2.33. The summed E-state index contributed by atoms with van der Waals surface area (Å²) in [5.41, 5.74) is 0.765. The number of carbonyl (C=O) groups excluding carboxylic acids is 2. The molecule has 2 aromatic rings. The van der Waals surface area contributed by atoms with Crippen LogP contribution in [0.4, 0.5) is 0 Å². The Morgan fingerprint density at radius 2 is 1.79 bits per heavy atom. The lowest BCUT2D eigenvalue weighted by Crippen LogP contribution is -2.52. The van der Waals surface area contributed by atoms with E-state index in [2.05, 4.69) is 5.32 Å². The Hall–Kier alpha value is -1.95. The van der Waals surface area contributed by atoms with Gasteiger partial charge in [-0.05, 0) is 49.1 Å². The zero-order valence-corrected chi connectivity index (χ0v) is 20.9. The number of hydrogen-bond acceptors (Lipinski definition) is 3. The first-order valence-corrected chi connectivity index (χ1v) is 12.4. The average molecular weight is 512 g/mol. The number of carbonyl (C=O) groups is 2. The number of ether oxygens (including phenoxy) is 1. The van der Waals surface area contributed by atoms with Crippen molar-refractivity contribution in [2.24, 2.45) is 0 Å². The van der Waals surface area contributed by atoms with Crippen LogP contribution in [0.2, 0.25) is 15.1 Å². The highest BCUT2D eigenvalue weighted by Gasteiger charge is 2.31. The zero-order chi connectivity index (χ0) is 23.8. The van der Waals surface area contributed by atoms with Crippen molar-refractivity contribution in [2.75, 3.05) is 6.61 Å². The van der Waals surface area contributed by atoms with Gasteiger partial charge in [0.25, 0.3) is 5.91 Å². The molecule has 1 atom stereocenters. The van der Waals surface area contributed by atoms with Crippen molar-refractivity contribution < 1.29 is 14.3 Å². The Balaban J connectivity index is 1.78. The minimum atomic E-state index is -0.639. The van der Waals surface area contributed by atoms with Crippen molar-refractivity contribution in [1.82, 2.24) is 10.2 Å². The molecular formula is C25H29Cl3N2O3. The Morgan fingerprint density at radius 3 is 2.45 bits per heavy atom. The fourth-order valence-electron chi connectivity index (χ4n) is 4.09. The minimum absolute atomic E-state index is 0.144. The van der Waals surface area contributed by atoms with Gasteiger partial charge in [0.2, 0.25) is 5.91 Å². The second kappa shape index (κ2) is 12.5. The second-order valence-corrected chi connectivity index (χ2v) is 9.49. The van der Waals surface area contributed by atoms with E-state index in [0.29, 0.717) is 27.2 Å². The van der Waals surface area contributed by atoms with Gasteiger partial charge in [0.1, 0.15) is 11.8 Å². The van der Waals surface area contributed by atoms with Gasteiger partial charge in [0, 0.05) is 22.6 Å². The van der Waals surface area contributed by atoms with Crippen molar-refractivity contribution in [3.63, 3.8) is 0 Å². The molecule has 178 valence electrons. The number of halogens is 3. The summed E-state index contributed by atoms with van der Waals surface area (Å²) in [5, 5.41) is 4.48. The third-order valence-corrected chi connectivity index (χ3v) is 6.78. The second-order valence-electron chi connectivity index (χ2n) is 8.24. The van der Waals surface area contributed by atoms with Crippen molar-refractivity contribution in [3.05, 3.63) is 63.1 Å². The fourth-order valence-corrected chi connectivity index (χ4v) is 4.75. The number of hydrogen-bond donors (Lipinski definition) is 1. The van der Waals surface area contributed by atoms with E-state index in [0.717, 1.165) is 31.2 Å². The Bertz CT molecular complexity index is 964. The summed E-state index contributed by atoms with van der Waals surface area (Å²) in [5.74, 6) is -0.118. The van der Waals surface area contributed by atoms with Crippen LogP contribution in [0.3, 0.4) is 0 Å². The standard InChI is InChI=1S/C25H29Cl3N2O3/c1-2-22(25(32)29-19-9-4-3-5-10-19)30(15-17-8-6-7-11-20(17)27)24(31)16-33-23-13-12-18(26)14-21(23)28/h6-8,11-14,19,22H,2-5,9-10,15-16H2,1H3,(H,29,32)/t22-/m1/s1. The Kier molecular flexibility index (Phi) is 9.72. The van der Waals surface area contributed by atoms with Crippen LogP contribution in [-0.4, -0.2) is 35.4 Å². The predicted octanol–water partition coefficient (Wildman–Crippen LogP) is 6.28. The highest BCUT2D eigenvalue weighted by molar-refractivity contribution is 6.35. The Morgan fingerprint density at radius 1 is 1.06 bits per heavy atom. The molecular weight excluding hydrogens is 483 g/mol. The van der Waals surface area contributed by atoms with Crippen LogP contribution < -0.4 is 10.1 Å². The van der Waals surface area contributed by atoms with Gasteiger partial charge in [-0.25, -0.2) is 0 Å². The number of amides is 2. The minimum Gasteiger partial charge on any atom is -0.482 e. The summed E-state index contributed by atoms with van der Waals surface area (Å²) >= 11 is 18.5. The van der Waals surface area contributed by atoms with E-state index in [4.69, 9.17) is 39.5 Å². The third-order valence-electron chi connectivity index (χ3n) is 5.88. The first-order chi connectivity index (χ1) is 15.9. The molecule has 8 heteroatoms. The zero-order valence-electron chi connectivity index (χ0n) is 18.7. The lowest BCUT2D eigenvalue weighted by molar-refractivity contribution is -0.143. The van der Waals surface area contributed by atoms with Crippen LogP contribution in [0.1, 0.15) is 51.0 Å². The van der Waals surface area contributed by atoms with Crippen molar-refractivity contribution in [2.45, 2.75) is 64.1 Å². The molecule has 2 aromatic carbocycles. The molecule has 0 heterocycles. The first-order valence-electron chi connectivity index (χ1n) is 11.3. The van der Waals surface area contributed by atoms with E-state index >= 15 is 0 Å². The topological polar surface area (TPSA) is 58.6 Å². The van der Waals surface area contributed by atoms with Crippen LogP contribution in [-0.2, 0) is 16.1 Å². The largest absolute Gasteiger partial charge is 0.482 e. The highest BCUT2D eigenvalue weighted by Crippen LogP contribution is 2.28. The maximum absolute atomic E-state index is 13.3. The van der Waals surface area contributed by atoms with Gasteiger partial charge in [0.05, 0.1) is 5.02 Å². The van der Waals surface area contributed by atoms with Crippen LogP contribution >= 0.6 is 34.8 Å². The Labute approximate surface area is 210 Å². The van der Waals surface area contributed by atoms with E-state index in [-0.39, 0.29) is 31.0 Å². The normalized spacial score (nSPS) is 15.0. The molecule has 3 rings (SSSR count). The third kappa shape index (κ3) is 7.26. The molecule has 1 aliphatic carbocycles. The van der Waals surface area contributed by atoms with E-state index < -0.39 is 6.04 Å². The molecule has 0 unspecified atom stereocenters. The van der Waals surface area contributed by atoms with E-state index in [1.54, 1.807) is 29.2 Å². The van der Waals surface area contributed by atoms with Gasteiger partial charge < -0.3 is 15.0 Å². The summed E-state index contributed by atoms with van der Waals surface area (Å²) in [6.45, 7) is 1.83. The van der Waals surface area contributed by atoms with Crippen molar-refractivity contribution in [1.29, 1.82) is 0 Å². The SMILES string of the molecule is CC[C@H](C(=O)NC1CCCCC1)N(Cc1ccccc1Cl)C(=O)COc1ccc(Cl)cc1Cl. The molecule has 0 aromatic heterocycles. The maximum Gasteiger partial charge on any atom is 0.261 e. The van der Waals surface area contributed by atoms with Crippen molar-refractivity contribution in [3.8, 4) is 5.75 Å². The molecule has 0 spiro atoms. The molecule has 0 aliphatic heterocycles. The lowest BCUT2D eigenvalue weighted by atomic mass is 9.95. The number of rotatable bonds is 9. The number of nitrogens with zero attached hydrogens (tertiary/aromatic N) is 1. The van der Waals surface area contributed by atoms with Gasteiger partial charge in [-0.1, -0.05) is 79.2 Å². The molecule has 0 saturated heterocycles. The molecule has 33 heavy (non-hydrogen) atoms. The highest BCUT2D eigenvalue weighted by atomic mass is 35.5. The van der Waals surface area contributed by atoms with Crippen LogP contribution in [0.5, 0.6) is 5.75 Å². The van der Waals surface area contributed by atoms with Crippen LogP contribution in [0.25, 0.3) is 0 Å². The molecule has 1 fully saturated rings. The molecule has 0 bridgehead atoms. The molecule has 1 N–H and O–H groups in total. The van der Waals surface area contributed by atoms with Gasteiger partial charge in [-0.15, -0.1) is 0 Å². The predicted molar refractivity (Wildman–Crippen MR) is 133 cm³/mol. The number of nitrogens with one attached hydrogen (secondary N) is 1. The average Bonchev–Trinajstić information content (AvgIpc) is 2.80. The first kappa shape index (κ1) is 25.7. The van der Waals surface area contributed by atoms with E-state index in [9.17, 15) is 9.59 Å². The number of benzene rings is 2. The van der Waals surface area contributed by atoms with E-state index in [1.165, 1.54) is 6.42 Å². The van der Waals surface area contributed by atoms with Gasteiger partial charge in [0.15, 0.2) is 6.61 Å². The van der Waals surface area contributed by atoms with Crippen LogP contribution in [0, 0.1) is 0 Å². The maximum atomic E-state index is 13.3. The molecule has 1 aliphatic rings. The summed E-state index contributed by atoms with van der Waals surface area (Å²) < 4.78 is 5.68. The molecule has 2 amide bonds. The van der Waals surface area contributed by atoms with Gasteiger partial charge in [-0.2, -0.15) is 0 Å². The summed E-state index contributed by atoms with van der Waals surface area (Å²) in [7, 11) is 0. The van der Waals surface area contributed by atoms with Crippen molar-refractivity contribution >= 4 is 46.6 Å². The van der Waals surface area contributed by atoms with Gasteiger partial charge >= 0.3 is 0 Å². The van der Waals surface area contributed by atoms with E-state index in [1.807, 2.05) is 25.1 Å². The van der Waals surface area contributed by atoms with Crippen LogP contribution in [0.15, 0.2) is 42.5 Å². The fraction of sp³-hybridized carbons (Fsp3) is 0.440. The quantitative estimate of drug-likeness (QED) is 0.431. The molecule has 5 nitrogen and oxygen atoms in total. The monoisotopic (exact) mass is 510 g/mol. The molecule has 1 saturated carbocycles. The smallest absolute Gasteiger partial charge is 0.261 e. The molecule has 0 radical (unpaired) electrons. The summed E-state index contributed by atoms with van der Waals surface area (Å²) in [6.07, 6.45) is 5.83.